The molecular formula is C11H17NO4. The lowest BCUT2D eigenvalue weighted by Gasteiger charge is -2.33. The van der Waals surface area contributed by atoms with Crippen LogP contribution in [0.3, 0.4) is 0 Å². The molecule has 2 rings (SSSR count). The minimum atomic E-state index is -1.14. The van der Waals surface area contributed by atoms with Gasteiger partial charge in [-0.05, 0) is 12.8 Å². The molecule has 0 atom stereocenters. The van der Waals surface area contributed by atoms with Gasteiger partial charge in [0.05, 0.1) is 13.2 Å². The van der Waals surface area contributed by atoms with Crippen molar-refractivity contribution >= 4 is 11.9 Å². The standard InChI is InChI=1S/C11H17NO4/c13-9(12-5-7-16-8-6-12)11(10(14)15)3-1-2-4-11/h1-8H2,(H,14,15). The van der Waals surface area contributed by atoms with Crippen molar-refractivity contribution in [1.29, 1.82) is 0 Å². The number of nitrogens with zero attached hydrogens (tertiary/aromatic N) is 1. The highest BCUT2D eigenvalue weighted by atomic mass is 16.5. The highest BCUT2D eigenvalue weighted by molar-refractivity contribution is 6.02. The largest absolute Gasteiger partial charge is 0.480 e. The normalized spacial score (nSPS) is 24.4. The number of morpholine rings is 1. The monoisotopic (exact) mass is 227 g/mol. The highest BCUT2D eigenvalue weighted by Gasteiger charge is 2.50. The molecule has 90 valence electrons. The van der Waals surface area contributed by atoms with Gasteiger partial charge in [-0.25, -0.2) is 0 Å². The van der Waals surface area contributed by atoms with E-state index in [0.717, 1.165) is 12.8 Å². The van der Waals surface area contributed by atoms with Gasteiger partial charge in [-0.15, -0.1) is 0 Å². The molecule has 1 saturated heterocycles. The van der Waals surface area contributed by atoms with E-state index in [2.05, 4.69) is 0 Å². The maximum absolute atomic E-state index is 12.3. The number of rotatable bonds is 2. The van der Waals surface area contributed by atoms with Crippen molar-refractivity contribution in [3.05, 3.63) is 0 Å². The summed E-state index contributed by atoms with van der Waals surface area (Å²) in [4.78, 5) is 25.2. The second-order valence-corrected chi connectivity index (χ2v) is 4.50. The van der Waals surface area contributed by atoms with Gasteiger partial charge in [0.1, 0.15) is 5.41 Å². The first-order chi connectivity index (χ1) is 7.67. The van der Waals surface area contributed by atoms with E-state index in [0.29, 0.717) is 39.1 Å². The molecule has 1 amide bonds. The van der Waals surface area contributed by atoms with Crippen molar-refractivity contribution in [3.8, 4) is 0 Å². The van der Waals surface area contributed by atoms with E-state index in [4.69, 9.17) is 4.74 Å². The van der Waals surface area contributed by atoms with E-state index < -0.39 is 11.4 Å². The summed E-state index contributed by atoms with van der Waals surface area (Å²) in [6, 6.07) is 0. The molecule has 16 heavy (non-hydrogen) atoms. The number of carbonyl (C=O) groups excluding carboxylic acids is 1. The van der Waals surface area contributed by atoms with Crippen LogP contribution in [-0.2, 0) is 14.3 Å². The van der Waals surface area contributed by atoms with Crippen LogP contribution in [0.1, 0.15) is 25.7 Å². The molecule has 0 radical (unpaired) electrons. The Kier molecular flexibility index (Phi) is 3.14. The molecule has 1 heterocycles. The minimum Gasteiger partial charge on any atom is -0.480 e. The number of hydrogen-bond donors (Lipinski definition) is 1. The Morgan fingerprint density at radius 3 is 2.19 bits per heavy atom. The van der Waals surface area contributed by atoms with Gasteiger partial charge in [-0.2, -0.15) is 0 Å². The average Bonchev–Trinajstić information content (AvgIpc) is 2.79. The zero-order valence-corrected chi connectivity index (χ0v) is 9.28. The summed E-state index contributed by atoms with van der Waals surface area (Å²) in [7, 11) is 0. The number of carbonyl (C=O) groups is 2. The molecule has 5 nitrogen and oxygen atoms in total. The molecule has 2 aliphatic rings. The van der Waals surface area contributed by atoms with Crippen LogP contribution in [-0.4, -0.2) is 48.2 Å². The lowest BCUT2D eigenvalue weighted by atomic mass is 9.84. The number of ether oxygens (including phenoxy) is 1. The number of carboxylic acid groups (broad SMARTS) is 1. The smallest absolute Gasteiger partial charge is 0.319 e. The summed E-state index contributed by atoms with van der Waals surface area (Å²) in [5.41, 5.74) is -1.14. The Morgan fingerprint density at radius 1 is 1.12 bits per heavy atom. The molecule has 1 N–H and O–H groups in total. The van der Waals surface area contributed by atoms with Crippen LogP contribution in [0, 0.1) is 5.41 Å². The van der Waals surface area contributed by atoms with E-state index in [-0.39, 0.29) is 5.91 Å². The molecule has 0 aromatic rings. The summed E-state index contributed by atoms with van der Waals surface area (Å²) in [6.07, 6.45) is 2.64. The van der Waals surface area contributed by atoms with Crippen molar-refractivity contribution < 1.29 is 19.4 Å². The van der Waals surface area contributed by atoms with Crippen LogP contribution in [0.5, 0.6) is 0 Å². The summed E-state index contributed by atoms with van der Waals surface area (Å²) >= 11 is 0. The molecule has 0 aromatic heterocycles. The predicted molar refractivity (Wildman–Crippen MR) is 55.9 cm³/mol. The lowest BCUT2D eigenvalue weighted by molar-refractivity contribution is -0.162. The summed E-state index contributed by atoms with van der Waals surface area (Å²) < 4.78 is 5.16. The maximum Gasteiger partial charge on any atom is 0.319 e. The molecule has 1 aliphatic heterocycles. The van der Waals surface area contributed by atoms with E-state index in [1.165, 1.54) is 0 Å². The zero-order valence-electron chi connectivity index (χ0n) is 9.28. The fourth-order valence-corrected chi connectivity index (χ4v) is 2.57. The van der Waals surface area contributed by atoms with Gasteiger partial charge in [-0.3, -0.25) is 9.59 Å². The van der Waals surface area contributed by atoms with Crippen LogP contribution in [0.2, 0.25) is 0 Å². The van der Waals surface area contributed by atoms with Gasteiger partial charge >= 0.3 is 5.97 Å². The third kappa shape index (κ3) is 1.80. The van der Waals surface area contributed by atoms with E-state index in [9.17, 15) is 14.7 Å². The van der Waals surface area contributed by atoms with Crippen LogP contribution < -0.4 is 0 Å². The van der Waals surface area contributed by atoms with Gasteiger partial charge in [0.25, 0.3) is 0 Å². The number of amides is 1. The first-order valence-electron chi connectivity index (χ1n) is 5.77. The van der Waals surface area contributed by atoms with E-state index in [1.807, 2.05) is 0 Å². The molecule has 0 spiro atoms. The van der Waals surface area contributed by atoms with Crippen molar-refractivity contribution in [2.75, 3.05) is 26.3 Å². The average molecular weight is 227 g/mol. The van der Waals surface area contributed by atoms with E-state index >= 15 is 0 Å². The van der Waals surface area contributed by atoms with Crippen molar-refractivity contribution in [2.24, 2.45) is 5.41 Å². The molecule has 1 saturated carbocycles. The summed E-state index contributed by atoms with van der Waals surface area (Å²) in [6.45, 7) is 2.07. The fraction of sp³-hybridized carbons (Fsp3) is 0.818. The Bertz CT molecular complexity index is 290. The Hall–Kier alpha value is -1.10. The molecule has 0 bridgehead atoms. The predicted octanol–water partition coefficient (Wildman–Crippen LogP) is 0.490. The third-order valence-corrected chi connectivity index (χ3v) is 3.57. The van der Waals surface area contributed by atoms with Crippen LogP contribution >= 0.6 is 0 Å². The van der Waals surface area contributed by atoms with E-state index in [1.54, 1.807) is 4.90 Å². The van der Waals surface area contributed by atoms with Gasteiger partial charge in [0.15, 0.2) is 0 Å². The molecule has 0 aromatic carbocycles. The zero-order chi connectivity index (χ0) is 11.6. The quantitative estimate of drug-likeness (QED) is 0.697. The van der Waals surface area contributed by atoms with Gasteiger partial charge in [0, 0.05) is 13.1 Å². The fourth-order valence-electron chi connectivity index (χ4n) is 2.57. The molecule has 1 aliphatic carbocycles. The molecular weight excluding hydrogens is 210 g/mol. The number of hydrogen-bond acceptors (Lipinski definition) is 3. The molecule has 2 fully saturated rings. The van der Waals surface area contributed by atoms with Crippen molar-refractivity contribution in [1.82, 2.24) is 4.90 Å². The van der Waals surface area contributed by atoms with Crippen LogP contribution in [0.4, 0.5) is 0 Å². The number of aliphatic carboxylic acids is 1. The second kappa shape index (κ2) is 4.41. The Morgan fingerprint density at radius 2 is 1.69 bits per heavy atom. The van der Waals surface area contributed by atoms with Crippen LogP contribution in [0.25, 0.3) is 0 Å². The van der Waals surface area contributed by atoms with Gasteiger partial charge < -0.3 is 14.7 Å². The Balaban J connectivity index is 2.13. The van der Waals surface area contributed by atoms with Crippen molar-refractivity contribution in [2.45, 2.75) is 25.7 Å². The lowest BCUT2D eigenvalue weighted by Crippen LogP contribution is -2.51. The molecule has 5 heteroatoms. The molecule has 0 unspecified atom stereocenters. The van der Waals surface area contributed by atoms with Gasteiger partial charge in [-0.1, -0.05) is 12.8 Å². The van der Waals surface area contributed by atoms with Gasteiger partial charge in [0.2, 0.25) is 5.91 Å². The first-order valence-corrected chi connectivity index (χ1v) is 5.77. The second-order valence-electron chi connectivity index (χ2n) is 4.50. The topological polar surface area (TPSA) is 66.8 Å². The minimum absolute atomic E-state index is 0.208. The summed E-state index contributed by atoms with van der Waals surface area (Å²) in [5.74, 6) is -1.16. The van der Waals surface area contributed by atoms with Crippen molar-refractivity contribution in [3.63, 3.8) is 0 Å². The number of carboxylic acids is 1. The van der Waals surface area contributed by atoms with Crippen LogP contribution in [0.15, 0.2) is 0 Å². The SMILES string of the molecule is O=C(O)C1(C(=O)N2CCOCC2)CCCC1. The summed E-state index contributed by atoms with van der Waals surface area (Å²) in [5, 5.41) is 9.29. The third-order valence-electron chi connectivity index (χ3n) is 3.57. The highest BCUT2D eigenvalue weighted by Crippen LogP contribution is 2.40. The Labute approximate surface area is 94.4 Å². The maximum atomic E-state index is 12.3. The first kappa shape index (κ1) is 11.4.